The van der Waals surface area contributed by atoms with E-state index in [0.29, 0.717) is 40.9 Å². The molecule has 0 aliphatic carbocycles. The van der Waals surface area contributed by atoms with Crippen LogP contribution in [0.2, 0.25) is 5.02 Å². The number of aliphatic hydroxyl groups is 2. The second kappa shape index (κ2) is 73.6. The van der Waals surface area contributed by atoms with Crippen LogP contribution in [0, 0.1) is 34.6 Å². The number of methoxy groups -OCH3 is 1. The maximum Gasteiger partial charge on any atom is 0.353 e. The molecule has 0 saturated carbocycles. The molecule has 5 N–H and O–H groups in total. The number of pyridine rings is 7. The molecule has 0 aliphatic rings. The number of benzene rings is 8. The Labute approximate surface area is 1060 Å². The zero-order valence-corrected chi connectivity index (χ0v) is 110. The van der Waals surface area contributed by atoms with Gasteiger partial charge in [0.25, 0.3) is 0 Å². The van der Waals surface area contributed by atoms with Gasteiger partial charge in [-0.1, -0.05) is 54.1 Å². The average Bonchev–Trinajstić information content (AvgIpc) is 0.852. The van der Waals surface area contributed by atoms with Gasteiger partial charge in [0.15, 0.2) is 0 Å². The molecule has 0 fully saturated rings. The van der Waals surface area contributed by atoms with Gasteiger partial charge in [-0.05, 0) is 307 Å². The second-order valence-corrected chi connectivity index (χ2v) is 33.8. The Kier molecular flexibility index (Phi) is 67.4. The van der Waals surface area contributed by atoms with Crippen LogP contribution in [0.4, 0.5) is 126 Å². The minimum absolute atomic E-state index is 0. The molecule has 15 rings (SSSR count). The van der Waals surface area contributed by atoms with Crippen LogP contribution in [-0.2, 0) is 278 Å². The van der Waals surface area contributed by atoms with Gasteiger partial charge in [-0.25, -0.2) is 32.0 Å². The Balaban J connectivity index is 0.000000584. The number of ether oxygens (including phenoxy) is 1. The van der Waals surface area contributed by atoms with Gasteiger partial charge in [-0.15, -0.1) is 0 Å². The normalized spacial score (nSPS) is 10.4. The topological polar surface area (TPSA) is 304 Å². The summed E-state index contributed by atoms with van der Waals surface area (Å²) in [5.41, 5.74) is 25.1. The van der Waals surface area contributed by atoms with Gasteiger partial charge in [-0.3, -0.25) is 0 Å². The summed E-state index contributed by atoms with van der Waals surface area (Å²) in [6, 6.07) is 94.4. The Morgan fingerprint density at radius 2 is 0.732 bits per heavy atom. The molecule has 8 aromatic carbocycles. The van der Waals surface area contributed by atoms with Crippen molar-refractivity contribution in [1.29, 1.82) is 0 Å². The third-order valence-corrected chi connectivity index (χ3v) is 22.2. The number of aliphatic hydroxyl groups excluding tert-OH is 2. The number of hydrogen-bond acceptors (Lipinski definition) is 24. The standard InChI is InChI=1S/C19H18N4.C18H25N4O2.C16H21N4.2C15H19N4.C14H16ClN4.C13H14N4O.7Y/c1-15-7-6-10-19(23(15)2)22-21-18-13-11-17(12-14-18)20-16-8-4-3-5-9-16;1-14-6-7-21(3)18(12-14)20-19-17-5-4-16(13-15(17)2)22(8-10-23)9-11-24;1-4-20(5-2)15-11-9-14(10-12-15)17-18-16-8-6-7-13-19(16)3;1-12-5-10-15(19(4)11-12)17-16-13-6-8-14(9-7-13)18(2)3;1-12-6-5-11-19(4)15(12)17-16-13-7-9-14(10-8-13)18(2)3;1-18(2)11-7-8-13(12(15)10-11)16-17-14-6-4-5-9-19(14)3;1-17-8-4-3-5-13(17)16-15-10-6-7-11(14)12(9-10)18-2;;;;;;;/h3-14H,1-2H3;4-7,12-13,23-24H,8-11H2,1-3H3;6-13H,4-5H2,1-3H3;2*5-11H,1-4H3;4-10H,1-3H3;3-9,14H,1-2H3;;;;;;;/q;5*+1;;;;;;;;/p+2. The summed E-state index contributed by atoms with van der Waals surface area (Å²) in [5, 5.41) is 81.9. The third kappa shape index (κ3) is 47.1. The number of aryl methyl sites for hydroxylation is 11. The van der Waals surface area contributed by atoms with Crippen molar-refractivity contribution in [3.8, 4) is 5.75 Å². The number of para-hydroxylation sites is 1. The smallest absolute Gasteiger partial charge is 0.353 e. The Hall–Kier alpha value is -8.65. The molecule has 0 amide bonds. The SMILES string of the molecule is CCN(CC)c1ccc(N=Nc2cccc[n+]2C)cc1.CN(C)c1ccc(N=Nc2cccc[n+]2C)c(Cl)c1.COc1cc(N=Nc2cccc[n+]2C)ccc1N.Cc1cc[n+](C)c(N=Nc2ccc(N(CCO)CCO)cc2C)c1.Cc1ccc(N=Nc2ccc(N(C)C)cc2)[n+](C)c1.Cc1ccc[n+](C)c1N=Nc1ccc(N(C)C)cc1.Cc1cccc(N=Nc2ccc(Nc3ccccc3)cc2)[n+]1C.[Y].[Y].[Y].[Y].[Y].[Y].[Y]. The van der Waals surface area contributed by atoms with Gasteiger partial charge in [-0.2, -0.15) is 0 Å². The summed E-state index contributed by atoms with van der Waals surface area (Å²) in [6.45, 7) is 17.5. The van der Waals surface area contributed by atoms with E-state index in [-0.39, 0.29) is 242 Å². The molecule has 0 aliphatic heterocycles. The summed E-state index contributed by atoms with van der Waals surface area (Å²) < 4.78 is 18.7. The second-order valence-electron chi connectivity index (χ2n) is 33.4. The number of halogens is 1. The van der Waals surface area contributed by atoms with Crippen LogP contribution in [0.25, 0.3) is 0 Å². The van der Waals surface area contributed by atoms with Crippen LogP contribution in [0.3, 0.4) is 0 Å². The maximum absolute atomic E-state index is 9.15. The molecule has 753 valence electrons. The van der Waals surface area contributed by atoms with Crippen molar-refractivity contribution in [3.63, 3.8) is 0 Å². The first-order valence-corrected chi connectivity index (χ1v) is 46.7. The number of aromatic nitrogens is 7. The van der Waals surface area contributed by atoms with E-state index in [9.17, 15) is 0 Å². The van der Waals surface area contributed by atoms with E-state index < -0.39 is 0 Å². The van der Waals surface area contributed by atoms with Gasteiger partial charge < -0.3 is 50.5 Å². The van der Waals surface area contributed by atoms with Gasteiger partial charge in [0.05, 0.1) is 153 Å². The van der Waals surface area contributed by atoms with Crippen LogP contribution in [-0.4, -0.2) is 99.0 Å². The number of nitrogens with one attached hydrogen (secondary N) is 1. The van der Waals surface area contributed by atoms with Crippen molar-refractivity contribution >= 4 is 138 Å². The Morgan fingerprint density at radius 3 is 1.20 bits per heavy atom. The van der Waals surface area contributed by atoms with Crippen molar-refractivity contribution in [1.82, 2.24) is 0 Å². The Morgan fingerprint density at radius 1 is 0.322 bits per heavy atom. The van der Waals surface area contributed by atoms with E-state index >= 15 is 0 Å². The van der Waals surface area contributed by atoms with Crippen LogP contribution in [0.5, 0.6) is 5.75 Å². The molecule has 0 saturated heterocycles. The van der Waals surface area contributed by atoms with E-state index in [1.807, 2.05) is 459 Å². The summed E-state index contributed by atoms with van der Waals surface area (Å²) >= 11 is 6.19. The molecule has 149 heavy (non-hydrogen) atoms. The van der Waals surface area contributed by atoms with Gasteiger partial charge in [0.2, 0.25) is 0 Å². The number of nitrogens with zero attached hydrogens (tertiary/aromatic N) is 26. The third-order valence-electron chi connectivity index (χ3n) is 21.9. The molecule has 15 aromatic rings. The van der Waals surface area contributed by atoms with Crippen LogP contribution in [0.1, 0.15) is 41.8 Å². The molecule has 0 bridgehead atoms. The minimum atomic E-state index is 0. The van der Waals surface area contributed by atoms with Crippen molar-refractivity contribution < 1.29 is 276 Å². The number of nitrogen functional groups attached to an aromatic ring is 1. The summed E-state index contributed by atoms with van der Waals surface area (Å²) in [4.78, 5) is 10.3. The minimum Gasteiger partial charge on any atom is -0.495 e. The van der Waals surface area contributed by atoms with E-state index in [2.05, 4.69) is 125 Å². The summed E-state index contributed by atoms with van der Waals surface area (Å²) in [7, 11) is 27.2. The number of azo groups is 7. The predicted octanol–water partition coefficient (Wildman–Crippen LogP) is 23.8. The fourth-order valence-electron chi connectivity index (χ4n) is 13.3. The quantitative estimate of drug-likeness (QED) is 0.0204. The number of hydrogen-bond donors (Lipinski definition) is 4. The average molecular weight is 2550 g/mol. The first-order chi connectivity index (χ1) is 68.4. The van der Waals surface area contributed by atoms with Crippen LogP contribution in [0.15, 0.2) is 400 Å². The molecule has 7 radical (unpaired) electrons. The van der Waals surface area contributed by atoms with Gasteiger partial charge >= 0.3 is 40.7 Å². The monoisotopic (exact) mass is 2550 g/mol. The molecule has 7 heterocycles. The first-order valence-electron chi connectivity index (χ1n) is 46.3. The molecule has 31 nitrogen and oxygen atoms in total. The van der Waals surface area contributed by atoms with E-state index in [4.69, 9.17) is 32.3 Å². The van der Waals surface area contributed by atoms with Crippen LogP contribution >= 0.6 is 11.6 Å². The molecule has 7 aromatic heterocycles. The van der Waals surface area contributed by atoms with E-state index in [1.54, 1.807) is 25.3 Å². The van der Waals surface area contributed by atoms with Crippen molar-refractivity contribution in [3.05, 3.63) is 361 Å². The molecule has 0 atom stereocenters. The number of rotatable bonds is 28. The molecular weight excluding hydrogens is 2420 g/mol. The fourth-order valence-corrected chi connectivity index (χ4v) is 13.5. The zero-order chi connectivity index (χ0) is 102. The molecule has 39 heteroatoms. The molecular formula is C110H134ClN28O3Y7+7. The molecule has 0 unspecified atom stereocenters. The van der Waals surface area contributed by atoms with E-state index in [1.165, 1.54) is 11.3 Å². The maximum atomic E-state index is 9.15. The van der Waals surface area contributed by atoms with Crippen molar-refractivity contribution in [2.75, 3.05) is 124 Å². The van der Waals surface area contributed by atoms with Crippen LogP contribution < -0.4 is 72.3 Å². The van der Waals surface area contributed by atoms with Crippen molar-refractivity contribution in [2.24, 2.45) is 121 Å². The van der Waals surface area contributed by atoms with E-state index in [0.717, 1.165) is 139 Å². The molecule has 0 spiro atoms. The van der Waals surface area contributed by atoms with Gasteiger partial charge in [0, 0.05) is 385 Å². The van der Waals surface area contributed by atoms with Gasteiger partial charge in [0.1, 0.15) is 51.3 Å². The number of anilines is 8. The first kappa shape index (κ1) is 136. The Bertz CT molecular complexity index is 6730. The zero-order valence-electron chi connectivity index (χ0n) is 89.3. The summed E-state index contributed by atoms with van der Waals surface area (Å²) in [6.07, 6.45) is 11.8. The summed E-state index contributed by atoms with van der Waals surface area (Å²) in [5.74, 6) is 6.31. The van der Waals surface area contributed by atoms with Crippen molar-refractivity contribution in [2.45, 2.75) is 48.5 Å². The predicted molar refractivity (Wildman–Crippen MR) is 570 cm³/mol. The number of nitrogens with two attached hydrogens (primary N) is 1. The fraction of sp³-hybridized carbons (Fsp3) is 0.245. The largest absolute Gasteiger partial charge is 0.495 e.